The molecule has 1 aromatic heterocycles. The highest BCUT2D eigenvalue weighted by Gasteiger charge is 2.31. The quantitative estimate of drug-likeness (QED) is 0.204. The maximum atomic E-state index is 4.50. The van der Waals surface area contributed by atoms with Gasteiger partial charge in [0.05, 0.1) is 17.6 Å². The molecule has 0 saturated carbocycles. The van der Waals surface area contributed by atoms with Crippen molar-refractivity contribution >= 4 is 38.6 Å². The van der Waals surface area contributed by atoms with Gasteiger partial charge in [0.15, 0.2) is 0 Å². The molecule has 7 aromatic carbocycles. The summed E-state index contributed by atoms with van der Waals surface area (Å²) >= 11 is 0. The Morgan fingerprint density at radius 2 is 0.911 bits per heavy atom. The summed E-state index contributed by atoms with van der Waals surface area (Å²) < 4.78 is 0. The predicted octanol–water partition coefficient (Wildman–Crippen LogP) is 11.8. The largest absolute Gasteiger partial charge is 0.308 e. The van der Waals surface area contributed by atoms with Crippen LogP contribution in [0, 0.1) is 0 Å². The van der Waals surface area contributed by atoms with Crippen LogP contribution in [-0.2, 0) is 0 Å². The number of hydrogen-bond acceptors (Lipinski definition) is 2. The zero-order valence-electron chi connectivity index (χ0n) is 24.6. The fourth-order valence-corrected chi connectivity index (χ4v) is 7.28. The Hall–Kier alpha value is -5.99. The van der Waals surface area contributed by atoms with E-state index in [4.69, 9.17) is 0 Å². The van der Waals surface area contributed by atoms with E-state index in [1.165, 1.54) is 66.1 Å². The van der Waals surface area contributed by atoms with E-state index in [0.717, 1.165) is 17.1 Å². The Kier molecular flexibility index (Phi) is 5.85. The monoisotopic (exact) mass is 572 g/mol. The summed E-state index contributed by atoms with van der Waals surface area (Å²) in [5, 5.41) is 5.05. The second-order valence-corrected chi connectivity index (χ2v) is 11.5. The Morgan fingerprint density at radius 1 is 0.378 bits per heavy atom. The lowest BCUT2D eigenvalue weighted by Gasteiger charge is -2.26. The summed E-state index contributed by atoms with van der Waals surface area (Å²) in [4.78, 5) is 6.82. The highest BCUT2D eigenvalue weighted by atomic mass is 15.1. The molecule has 0 radical (unpaired) electrons. The van der Waals surface area contributed by atoms with Gasteiger partial charge in [-0.25, -0.2) is 0 Å². The number of fused-ring (bicyclic) bond motifs is 4. The van der Waals surface area contributed by atoms with E-state index in [2.05, 4.69) is 162 Å². The van der Waals surface area contributed by atoms with E-state index in [9.17, 15) is 0 Å². The van der Waals surface area contributed by atoms with Crippen molar-refractivity contribution in [2.75, 3.05) is 4.90 Å². The Bertz CT molecular complexity index is 2210. The predicted molar refractivity (Wildman–Crippen MR) is 189 cm³/mol. The van der Waals surface area contributed by atoms with Crippen LogP contribution in [0.3, 0.4) is 0 Å². The molecule has 2 nitrogen and oxygen atoms in total. The highest BCUT2D eigenvalue weighted by molar-refractivity contribution is 6.29. The lowest BCUT2D eigenvalue weighted by Crippen LogP contribution is -2.10. The van der Waals surface area contributed by atoms with Crippen LogP contribution in [0.4, 0.5) is 17.1 Å². The molecule has 0 unspecified atom stereocenters. The normalized spacial score (nSPS) is 11.6. The van der Waals surface area contributed by atoms with E-state index in [0.29, 0.717) is 0 Å². The van der Waals surface area contributed by atoms with Gasteiger partial charge < -0.3 is 4.90 Å². The summed E-state index contributed by atoms with van der Waals surface area (Å²) in [6.45, 7) is 0. The first-order valence-electron chi connectivity index (χ1n) is 15.4. The fraction of sp³-hybridized carbons (Fsp3) is 0. The molecule has 8 aromatic rings. The minimum absolute atomic E-state index is 1.03. The number of para-hydroxylation sites is 1. The maximum Gasteiger partial charge on any atom is 0.0645 e. The van der Waals surface area contributed by atoms with Gasteiger partial charge >= 0.3 is 0 Å². The Balaban J connectivity index is 1.43. The van der Waals surface area contributed by atoms with Crippen molar-refractivity contribution in [3.63, 3.8) is 0 Å². The number of anilines is 3. The minimum Gasteiger partial charge on any atom is -0.308 e. The zero-order chi connectivity index (χ0) is 29.7. The van der Waals surface area contributed by atoms with E-state index < -0.39 is 0 Å². The Morgan fingerprint density at radius 3 is 1.51 bits per heavy atom. The third kappa shape index (κ3) is 3.93. The van der Waals surface area contributed by atoms with Crippen molar-refractivity contribution in [2.45, 2.75) is 0 Å². The van der Waals surface area contributed by atoms with E-state index in [1.807, 2.05) is 18.5 Å². The van der Waals surface area contributed by atoms with Crippen LogP contribution >= 0.6 is 0 Å². The molecule has 2 heteroatoms. The topological polar surface area (TPSA) is 16.1 Å². The summed E-state index contributed by atoms with van der Waals surface area (Å²) in [6, 6.07) is 56.9. The van der Waals surface area contributed by atoms with Crippen LogP contribution in [0.25, 0.3) is 66.1 Å². The lowest BCUT2D eigenvalue weighted by molar-refractivity contribution is 1.24. The molecular weight excluding hydrogens is 544 g/mol. The fourth-order valence-electron chi connectivity index (χ4n) is 7.28. The van der Waals surface area contributed by atoms with Gasteiger partial charge in [-0.2, -0.15) is 0 Å². The standard InChI is InChI=1S/C43H28N2/c1-4-14-29(15-5-1)39-33-21-10-11-22-34(33)40(30-16-6-2-7-17-30)43-37-25-26-38(35-23-12-24-36(41(35)37)42(39)43)45(31-18-8-3-9-19-31)32-20-13-27-44-28-32/h1-28H. The molecule has 0 aliphatic heterocycles. The Labute approximate surface area is 262 Å². The maximum absolute atomic E-state index is 4.50. The molecule has 0 amide bonds. The molecule has 45 heavy (non-hydrogen) atoms. The van der Waals surface area contributed by atoms with Gasteiger partial charge in [-0.15, -0.1) is 0 Å². The van der Waals surface area contributed by atoms with E-state index in [1.54, 1.807) is 0 Å². The van der Waals surface area contributed by atoms with Crippen LogP contribution in [-0.4, -0.2) is 4.98 Å². The highest BCUT2D eigenvalue weighted by Crippen LogP contribution is 2.59. The molecule has 210 valence electrons. The number of nitrogens with zero attached hydrogens (tertiary/aromatic N) is 2. The van der Waals surface area contributed by atoms with Crippen LogP contribution in [0.2, 0.25) is 0 Å². The van der Waals surface area contributed by atoms with Crippen molar-refractivity contribution in [2.24, 2.45) is 0 Å². The molecule has 0 spiro atoms. The van der Waals surface area contributed by atoms with Crippen LogP contribution in [0.1, 0.15) is 0 Å². The average Bonchev–Trinajstić information content (AvgIpc) is 3.45. The number of aromatic nitrogens is 1. The van der Waals surface area contributed by atoms with Gasteiger partial charge in [0.25, 0.3) is 0 Å². The molecule has 1 aliphatic rings. The summed E-state index contributed by atoms with van der Waals surface area (Å²) in [7, 11) is 0. The molecule has 0 bridgehead atoms. The first kappa shape index (κ1) is 25.5. The van der Waals surface area contributed by atoms with Gasteiger partial charge in [0, 0.05) is 17.3 Å². The number of benzene rings is 7. The molecular formula is C43H28N2. The number of pyridine rings is 1. The minimum atomic E-state index is 1.03. The molecule has 0 N–H and O–H groups in total. The number of hydrogen-bond donors (Lipinski definition) is 0. The summed E-state index contributed by atoms with van der Waals surface area (Å²) in [5.41, 5.74) is 13.5. The molecule has 0 atom stereocenters. The SMILES string of the molecule is c1ccc(-c2c3c(c(-c4ccccc4)c4ccccc24)-c2ccc(N(c4ccccc4)c4cccnc4)c4cccc-3c24)cc1. The summed E-state index contributed by atoms with van der Waals surface area (Å²) in [5.74, 6) is 0. The molecule has 1 aliphatic carbocycles. The smallest absolute Gasteiger partial charge is 0.0645 e. The summed E-state index contributed by atoms with van der Waals surface area (Å²) in [6.07, 6.45) is 3.77. The van der Waals surface area contributed by atoms with Gasteiger partial charge in [0.2, 0.25) is 0 Å². The zero-order valence-corrected chi connectivity index (χ0v) is 24.6. The van der Waals surface area contributed by atoms with Gasteiger partial charge in [-0.3, -0.25) is 4.98 Å². The first-order chi connectivity index (χ1) is 22.4. The van der Waals surface area contributed by atoms with Gasteiger partial charge in [0.1, 0.15) is 0 Å². The second-order valence-electron chi connectivity index (χ2n) is 11.5. The lowest BCUT2D eigenvalue weighted by atomic mass is 9.82. The second kappa shape index (κ2) is 10.3. The van der Waals surface area contributed by atoms with Crippen molar-refractivity contribution in [3.05, 3.63) is 170 Å². The van der Waals surface area contributed by atoms with Crippen LogP contribution < -0.4 is 4.90 Å². The molecule has 9 rings (SSSR count). The van der Waals surface area contributed by atoms with E-state index >= 15 is 0 Å². The average molecular weight is 573 g/mol. The van der Waals surface area contributed by atoms with Crippen LogP contribution in [0.5, 0.6) is 0 Å². The van der Waals surface area contributed by atoms with Crippen molar-refractivity contribution in [1.82, 2.24) is 4.98 Å². The third-order valence-corrected chi connectivity index (χ3v) is 9.06. The van der Waals surface area contributed by atoms with Crippen molar-refractivity contribution < 1.29 is 0 Å². The first-order valence-corrected chi connectivity index (χ1v) is 15.4. The number of rotatable bonds is 5. The van der Waals surface area contributed by atoms with Gasteiger partial charge in [-0.05, 0) is 91.0 Å². The molecule has 0 fully saturated rings. The molecule has 1 heterocycles. The molecule has 0 saturated heterocycles. The van der Waals surface area contributed by atoms with E-state index in [-0.39, 0.29) is 0 Å². The third-order valence-electron chi connectivity index (χ3n) is 9.06. The van der Waals surface area contributed by atoms with Gasteiger partial charge in [-0.1, -0.05) is 127 Å². The van der Waals surface area contributed by atoms with Crippen molar-refractivity contribution in [3.8, 4) is 44.5 Å². The van der Waals surface area contributed by atoms with Crippen LogP contribution in [0.15, 0.2) is 170 Å². The van der Waals surface area contributed by atoms with Crippen molar-refractivity contribution in [1.29, 1.82) is 0 Å².